The normalized spacial score (nSPS) is 22.9. The van der Waals surface area contributed by atoms with Gasteiger partial charge in [0.1, 0.15) is 11.0 Å². The molecule has 0 bridgehead atoms. The van der Waals surface area contributed by atoms with Gasteiger partial charge in [-0.25, -0.2) is 9.97 Å². The Morgan fingerprint density at radius 2 is 1.08 bits per heavy atom. The number of imidazole rings is 2. The standard InChI is InChI=1S/2C11H14N6O/c2*12-9-8-10(16-11(13)15-9)17(5-14-8)7-2-1-6(3-7)4-18/h2*1-2,5-7,18H,3-4H2,(H4,12,13,15,16)/t2*6-,7+/m11/s1. The summed E-state index contributed by atoms with van der Waals surface area (Å²) in [6, 6.07) is 0.252. The molecular formula is C22H28N12O2. The van der Waals surface area contributed by atoms with Gasteiger partial charge in [-0.3, -0.25) is 0 Å². The van der Waals surface area contributed by atoms with Crippen LogP contribution in [0.2, 0.25) is 0 Å². The van der Waals surface area contributed by atoms with Gasteiger partial charge in [0.05, 0.1) is 24.7 Å². The molecule has 4 heterocycles. The lowest BCUT2D eigenvalue weighted by atomic mass is 10.1. The van der Waals surface area contributed by atoms with Crippen LogP contribution in [0.1, 0.15) is 24.9 Å². The van der Waals surface area contributed by atoms with E-state index in [2.05, 4.69) is 29.9 Å². The summed E-state index contributed by atoms with van der Waals surface area (Å²) in [4.78, 5) is 24.6. The van der Waals surface area contributed by atoms with E-state index in [1.807, 2.05) is 33.4 Å². The number of aromatic nitrogens is 8. The van der Waals surface area contributed by atoms with Gasteiger partial charge in [0.15, 0.2) is 22.9 Å². The number of fused-ring (bicyclic) bond motifs is 2. The van der Waals surface area contributed by atoms with E-state index in [1.54, 1.807) is 12.7 Å². The first kappa shape index (κ1) is 23.4. The van der Waals surface area contributed by atoms with E-state index < -0.39 is 0 Å². The van der Waals surface area contributed by atoms with Crippen LogP contribution < -0.4 is 22.9 Å². The smallest absolute Gasteiger partial charge is 0.224 e. The van der Waals surface area contributed by atoms with Crippen LogP contribution in [0.4, 0.5) is 23.5 Å². The highest BCUT2D eigenvalue weighted by Crippen LogP contribution is 2.31. The number of allylic oxidation sites excluding steroid dienone is 2. The van der Waals surface area contributed by atoms with Gasteiger partial charge >= 0.3 is 0 Å². The third-order valence-electron chi connectivity index (χ3n) is 6.41. The van der Waals surface area contributed by atoms with Crippen LogP contribution in [0.5, 0.6) is 0 Å². The summed E-state index contributed by atoms with van der Waals surface area (Å²) in [5.74, 6) is 1.23. The molecule has 2 aliphatic carbocycles. The third kappa shape index (κ3) is 4.27. The largest absolute Gasteiger partial charge is 0.396 e. The number of anilines is 4. The molecule has 0 saturated carbocycles. The summed E-state index contributed by atoms with van der Waals surface area (Å²) in [6.07, 6.45) is 13.1. The molecule has 0 amide bonds. The van der Waals surface area contributed by atoms with Gasteiger partial charge in [-0.1, -0.05) is 24.3 Å². The second kappa shape index (κ2) is 9.39. The number of nitrogens with two attached hydrogens (primary N) is 4. The fraction of sp³-hybridized carbons (Fsp3) is 0.364. The number of aliphatic hydroxyl groups excluding tert-OH is 2. The maximum atomic E-state index is 9.14. The highest BCUT2D eigenvalue weighted by molar-refractivity contribution is 5.83. The lowest BCUT2D eigenvalue weighted by Crippen LogP contribution is -2.09. The number of rotatable bonds is 4. The summed E-state index contributed by atoms with van der Waals surface area (Å²) in [5.41, 5.74) is 25.1. The Morgan fingerprint density at radius 1 is 0.667 bits per heavy atom. The minimum atomic E-state index is 0.126. The topological polar surface area (TPSA) is 232 Å². The van der Waals surface area contributed by atoms with Gasteiger partial charge in [0.25, 0.3) is 0 Å². The van der Waals surface area contributed by atoms with Gasteiger partial charge < -0.3 is 42.3 Å². The summed E-state index contributed by atoms with van der Waals surface area (Å²) in [7, 11) is 0. The quantitative estimate of drug-likeness (QED) is 0.210. The van der Waals surface area contributed by atoms with Crippen LogP contribution >= 0.6 is 0 Å². The highest BCUT2D eigenvalue weighted by atomic mass is 16.3. The van der Waals surface area contributed by atoms with Crippen LogP contribution in [-0.4, -0.2) is 62.5 Å². The van der Waals surface area contributed by atoms with E-state index in [0.29, 0.717) is 22.3 Å². The zero-order chi connectivity index (χ0) is 25.4. The second-order valence-electron chi connectivity index (χ2n) is 8.84. The molecule has 4 aromatic rings. The van der Waals surface area contributed by atoms with E-state index in [1.165, 1.54) is 0 Å². The van der Waals surface area contributed by atoms with E-state index in [0.717, 1.165) is 12.8 Å². The first-order chi connectivity index (χ1) is 17.4. The monoisotopic (exact) mass is 492 g/mol. The maximum absolute atomic E-state index is 9.14. The Bertz CT molecular complexity index is 1350. The van der Waals surface area contributed by atoms with E-state index in [4.69, 9.17) is 33.1 Å². The second-order valence-corrected chi connectivity index (χ2v) is 8.84. The predicted octanol–water partition coefficient (Wildman–Crippen LogP) is 0.200. The summed E-state index contributed by atoms with van der Waals surface area (Å²) < 4.78 is 3.83. The zero-order valence-corrected chi connectivity index (χ0v) is 19.4. The predicted molar refractivity (Wildman–Crippen MR) is 135 cm³/mol. The van der Waals surface area contributed by atoms with Crippen molar-refractivity contribution >= 4 is 45.9 Å². The Labute approximate surface area is 205 Å². The molecule has 188 valence electrons. The van der Waals surface area contributed by atoms with Gasteiger partial charge in [-0.2, -0.15) is 19.9 Å². The Hall–Kier alpha value is -4.30. The van der Waals surface area contributed by atoms with Crippen LogP contribution in [0, 0.1) is 11.8 Å². The number of nitrogen functional groups attached to an aromatic ring is 4. The number of nitrogens with zero attached hydrogens (tertiary/aromatic N) is 8. The summed E-state index contributed by atoms with van der Waals surface area (Å²) in [6.45, 7) is 0.303. The number of hydrogen-bond donors (Lipinski definition) is 6. The van der Waals surface area contributed by atoms with Crippen molar-refractivity contribution in [3.8, 4) is 0 Å². The maximum Gasteiger partial charge on any atom is 0.224 e. The molecule has 4 aromatic heterocycles. The molecule has 14 heteroatoms. The van der Waals surface area contributed by atoms with Crippen molar-refractivity contribution in [3.05, 3.63) is 37.0 Å². The van der Waals surface area contributed by atoms with Gasteiger partial charge in [-0.05, 0) is 12.8 Å². The summed E-state index contributed by atoms with van der Waals surface area (Å²) in [5, 5.41) is 18.3. The van der Waals surface area contributed by atoms with Gasteiger partial charge in [0.2, 0.25) is 11.9 Å². The van der Waals surface area contributed by atoms with Crippen molar-refractivity contribution in [1.29, 1.82) is 0 Å². The van der Waals surface area contributed by atoms with Crippen LogP contribution in [0.3, 0.4) is 0 Å². The fourth-order valence-corrected chi connectivity index (χ4v) is 4.59. The molecule has 0 spiro atoms. The average Bonchev–Trinajstić information content (AvgIpc) is 3.63. The minimum absolute atomic E-state index is 0.126. The molecule has 14 nitrogen and oxygen atoms in total. The van der Waals surface area contributed by atoms with E-state index in [-0.39, 0.29) is 60.7 Å². The minimum Gasteiger partial charge on any atom is -0.396 e. The Morgan fingerprint density at radius 3 is 1.44 bits per heavy atom. The third-order valence-corrected chi connectivity index (χ3v) is 6.41. The molecule has 0 saturated heterocycles. The molecular weight excluding hydrogens is 464 g/mol. The molecule has 4 atom stereocenters. The van der Waals surface area contributed by atoms with Crippen molar-refractivity contribution in [2.24, 2.45) is 11.8 Å². The van der Waals surface area contributed by atoms with Crippen molar-refractivity contribution in [2.75, 3.05) is 36.1 Å². The molecule has 0 fully saturated rings. The lowest BCUT2D eigenvalue weighted by Gasteiger charge is -2.12. The van der Waals surface area contributed by atoms with Crippen molar-refractivity contribution in [3.63, 3.8) is 0 Å². The van der Waals surface area contributed by atoms with Crippen molar-refractivity contribution in [2.45, 2.75) is 24.9 Å². The van der Waals surface area contributed by atoms with Crippen molar-refractivity contribution in [1.82, 2.24) is 39.0 Å². The van der Waals surface area contributed by atoms with Gasteiger partial charge in [-0.15, -0.1) is 0 Å². The molecule has 0 aromatic carbocycles. The van der Waals surface area contributed by atoms with Crippen LogP contribution in [0.15, 0.2) is 37.0 Å². The number of hydrogen-bond acceptors (Lipinski definition) is 12. The van der Waals surface area contributed by atoms with Crippen molar-refractivity contribution < 1.29 is 10.2 Å². The van der Waals surface area contributed by atoms with Gasteiger partial charge in [0, 0.05) is 25.0 Å². The van der Waals surface area contributed by atoms with Crippen LogP contribution in [0.25, 0.3) is 22.3 Å². The average molecular weight is 493 g/mol. The summed E-state index contributed by atoms with van der Waals surface area (Å²) >= 11 is 0. The molecule has 10 N–H and O–H groups in total. The first-order valence-electron chi connectivity index (χ1n) is 11.5. The van der Waals surface area contributed by atoms with E-state index in [9.17, 15) is 0 Å². The molecule has 0 aliphatic heterocycles. The zero-order valence-electron chi connectivity index (χ0n) is 19.4. The molecule has 2 aliphatic rings. The molecule has 0 unspecified atom stereocenters. The molecule has 6 rings (SSSR count). The SMILES string of the molecule is Nc1nc(N)c2ncn([C@H]3C=C[C@@H](CO)C3)c2n1.Nc1nc(N)c2ncn([C@H]3C=C[C@@H](CO)C3)c2n1. The molecule has 36 heavy (non-hydrogen) atoms. The Kier molecular flexibility index (Phi) is 6.12. The first-order valence-corrected chi connectivity index (χ1v) is 11.5. The highest BCUT2D eigenvalue weighted by Gasteiger charge is 2.23. The fourth-order valence-electron chi connectivity index (χ4n) is 4.59. The number of aliphatic hydroxyl groups is 2. The van der Waals surface area contributed by atoms with Crippen LogP contribution in [-0.2, 0) is 0 Å². The molecule has 0 radical (unpaired) electrons. The Balaban J connectivity index is 0.000000148. The van der Waals surface area contributed by atoms with E-state index >= 15 is 0 Å². The lowest BCUT2D eigenvalue weighted by molar-refractivity contribution is 0.244.